The van der Waals surface area contributed by atoms with Crippen LogP contribution in [0.15, 0.2) is 42.6 Å². The lowest BCUT2D eigenvalue weighted by molar-refractivity contribution is 0.0952. The molecule has 3 nitrogen and oxygen atoms in total. The van der Waals surface area contributed by atoms with Gasteiger partial charge >= 0.3 is 0 Å². The molecule has 114 valence electrons. The number of fused-ring (bicyclic) bond motifs is 1. The van der Waals surface area contributed by atoms with Crippen molar-refractivity contribution < 1.29 is 4.79 Å². The fourth-order valence-electron chi connectivity index (χ4n) is 2.74. The highest BCUT2D eigenvalue weighted by Gasteiger charge is 2.11. The molecule has 4 heteroatoms. The van der Waals surface area contributed by atoms with Gasteiger partial charge in [-0.05, 0) is 43.9 Å². The maximum atomic E-state index is 12.1. The van der Waals surface area contributed by atoms with Crippen molar-refractivity contribution in [3.63, 3.8) is 0 Å². The predicted molar refractivity (Wildman–Crippen MR) is 92.7 cm³/mol. The topological polar surface area (TPSA) is 34.0 Å². The number of carbonyl (C=O) groups excluding carboxylic acids is 1. The molecule has 0 unspecified atom stereocenters. The van der Waals surface area contributed by atoms with Gasteiger partial charge in [0, 0.05) is 34.6 Å². The van der Waals surface area contributed by atoms with Crippen molar-refractivity contribution in [2.45, 2.75) is 26.8 Å². The van der Waals surface area contributed by atoms with Gasteiger partial charge in [-0.2, -0.15) is 0 Å². The molecule has 2 heterocycles. The smallest absolute Gasteiger partial charge is 0.252 e. The van der Waals surface area contributed by atoms with Crippen molar-refractivity contribution in [3.8, 4) is 0 Å². The van der Waals surface area contributed by atoms with Gasteiger partial charge in [-0.1, -0.05) is 18.2 Å². The Morgan fingerprint density at radius 3 is 2.82 bits per heavy atom. The molecule has 0 spiro atoms. The standard InChI is InChI=1S/C18H20N2OS/c1-13-12-16(14(2)22-13)18(21)19-9-5-10-20-11-8-15-6-3-4-7-17(15)20/h3-4,6-8,11-12H,5,9-10H2,1-2H3,(H,19,21). The molecule has 0 atom stereocenters. The number of para-hydroxylation sites is 1. The highest BCUT2D eigenvalue weighted by Crippen LogP contribution is 2.20. The zero-order chi connectivity index (χ0) is 15.5. The van der Waals surface area contributed by atoms with Gasteiger partial charge in [0.25, 0.3) is 5.91 Å². The Balaban J connectivity index is 1.53. The van der Waals surface area contributed by atoms with E-state index in [9.17, 15) is 4.79 Å². The second kappa shape index (κ2) is 6.36. The van der Waals surface area contributed by atoms with Crippen LogP contribution in [0, 0.1) is 13.8 Å². The number of benzene rings is 1. The molecule has 2 aromatic heterocycles. The van der Waals surface area contributed by atoms with Gasteiger partial charge in [0.05, 0.1) is 5.56 Å². The third-order valence-electron chi connectivity index (χ3n) is 3.83. The summed E-state index contributed by atoms with van der Waals surface area (Å²) in [6.45, 7) is 5.64. The van der Waals surface area contributed by atoms with Gasteiger partial charge in [-0.25, -0.2) is 0 Å². The Labute approximate surface area is 134 Å². The summed E-state index contributed by atoms with van der Waals surface area (Å²) in [7, 11) is 0. The van der Waals surface area contributed by atoms with Crippen LogP contribution in [0.25, 0.3) is 10.9 Å². The second-order valence-electron chi connectivity index (χ2n) is 5.50. The van der Waals surface area contributed by atoms with E-state index in [2.05, 4.69) is 46.4 Å². The molecule has 22 heavy (non-hydrogen) atoms. The van der Waals surface area contributed by atoms with E-state index in [0.29, 0.717) is 6.54 Å². The second-order valence-corrected chi connectivity index (χ2v) is 6.96. The van der Waals surface area contributed by atoms with Crippen molar-refractivity contribution in [1.82, 2.24) is 9.88 Å². The molecular weight excluding hydrogens is 292 g/mol. The van der Waals surface area contributed by atoms with Gasteiger partial charge in [-0.3, -0.25) is 4.79 Å². The third-order valence-corrected chi connectivity index (χ3v) is 4.79. The summed E-state index contributed by atoms with van der Waals surface area (Å²) in [4.78, 5) is 14.4. The first kappa shape index (κ1) is 14.9. The van der Waals surface area contributed by atoms with E-state index in [0.717, 1.165) is 23.4 Å². The molecular formula is C18H20N2OS. The van der Waals surface area contributed by atoms with Crippen LogP contribution in [0.2, 0.25) is 0 Å². The Morgan fingerprint density at radius 1 is 1.23 bits per heavy atom. The number of hydrogen-bond acceptors (Lipinski definition) is 2. The molecule has 0 fully saturated rings. The highest BCUT2D eigenvalue weighted by molar-refractivity contribution is 7.12. The fraction of sp³-hybridized carbons (Fsp3) is 0.278. The molecule has 3 aromatic rings. The number of carbonyl (C=O) groups is 1. The van der Waals surface area contributed by atoms with Crippen molar-refractivity contribution >= 4 is 28.1 Å². The number of rotatable bonds is 5. The molecule has 3 rings (SSSR count). The maximum Gasteiger partial charge on any atom is 0.252 e. The van der Waals surface area contributed by atoms with Crippen molar-refractivity contribution in [2.75, 3.05) is 6.54 Å². The summed E-state index contributed by atoms with van der Waals surface area (Å²) >= 11 is 1.67. The minimum absolute atomic E-state index is 0.0409. The Kier molecular flexibility index (Phi) is 4.29. The van der Waals surface area contributed by atoms with E-state index in [1.807, 2.05) is 19.9 Å². The maximum absolute atomic E-state index is 12.1. The summed E-state index contributed by atoms with van der Waals surface area (Å²) in [6, 6.07) is 12.5. The minimum atomic E-state index is 0.0409. The van der Waals surface area contributed by atoms with Crippen LogP contribution in [0.5, 0.6) is 0 Å². The van der Waals surface area contributed by atoms with Crippen molar-refractivity contribution in [2.24, 2.45) is 0 Å². The summed E-state index contributed by atoms with van der Waals surface area (Å²) in [5.74, 6) is 0.0409. The number of aryl methyl sites for hydroxylation is 3. The van der Waals surface area contributed by atoms with Crippen LogP contribution in [0.3, 0.4) is 0 Å². The SMILES string of the molecule is Cc1cc(C(=O)NCCCn2ccc3ccccc32)c(C)s1. The number of hydrogen-bond donors (Lipinski definition) is 1. The zero-order valence-corrected chi connectivity index (χ0v) is 13.7. The minimum Gasteiger partial charge on any atom is -0.352 e. The molecule has 1 amide bonds. The van der Waals surface area contributed by atoms with Gasteiger partial charge in [0.1, 0.15) is 0 Å². The number of aromatic nitrogens is 1. The normalized spacial score (nSPS) is 11.0. The lowest BCUT2D eigenvalue weighted by atomic mass is 10.2. The molecule has 1 N–H and O–H groups in total. The van der Waals surface area contributed by atoms with Crippen LogP contribution in [0.1, 0.15) is 26.5 Å². The van der Waals surface area contributed by atoms with Gasteiger partial charge in [0.2, 0.25) is 0 Å². The lowest BCUT2D eigenvalue weighted by Crippen LogP contribution is -2.25. The van der Waals surface area contributed by atoms with Gasteiger partial charge < -0.3 is 9.88 Å². The van der Waals surface area contributed by atoms with E-state index < -0.39 is 0 Å². The van der Waals surface area contributed by atoms with Crippen LogP contribution in [-0.4, -0.2) is 17.0 Å². The summed E-state index contributed by atoms with van der Waals surface area (Å²) in [5, 5.41) is 4.28. The summed E-state index contributed by atoms with van der Waals surface area (Å²) in [6.07, 6.45) is 3.03. The monoisotopic (exact) mass is 312 g/mol. The van der Waals surface area contributed by atoms with Crippen molar-refractivity contribution in [1.29, 1.82) is 0 Å². The number of amides is 1. The van der Waals surface area contributed by atoms with E-state index in [-0.39, 0.29) is 5.91 Å². The molecule has 0 aliphatic heterocycles. The molecule has 1 aromatic carbocycles. The zero-order valence-electron chi connectivity index (χ0n) is 12.9. The summed E-state index contributed by atoms with van der Waals surface area (Å²) < 4.78 is 2.24. The highest BCUT2D eigenvalue weighted by atomic mass is 32.1. The Morgan fingerprint density at radius 2 is 2.05 bits per heavy atom. The molecule has 0 saturated heterocycles. The lowest BCUT2D eigenvalue weighted by Gasteiger charge is -2.07. The molecule has 0 bridgehead atoms. The predicted octanol–water partition coefficient (Wildman–Crippen LogP) is 4.14. The van der Waals surface area contributed by atoms with Crippen LogP contribution in [-0.2, 0) is 6.54 Å². The van der Waals surface area contributed by atoms with Crippen LogP contribution in [0.4, 0.5) is 0 Å². The van der Waals surface area contributed by atoms with Gasteiger partial charge in [0.15, 0.2) is 0 Å². The molecule has 0 aliphatic carbocycles. The first-order valence-corrected chi connectivity index (χ1v) is 8.36. The fourth-order valence-corrected chi connectivity index (χ4v) is 3.66. The van der Waals surface area contributed by atoms with E-state index in [1.165, 1.54) is 15.8 Å². The van der Waals surface area contributed by atoms with Crippen molar-refractivity contribution in [3.05, 3.63) is 57.9 Å². The molecule has 0 saturated carbocycles. The summed E-state index contributed by atoms with van der Waals surface area (Å²) in [5.41, 5.74) is 2.06. The molecule has 0 aliphatic rings. The Bertz CT molecular complexity index is 800. The largest absolute Gasteiger partial charge is 0.352 e. The van der Waals surface area contributed by atoms with E-state index in [1.54, 1.807) is 11.3 Å². The third kappa shape index (κ3) is 3.07. The first-order valence-electron chi connectivity index (χ1n) is 7.54. The molecule has 0 radical (unpaired) electrons. The van der Waals surface area contributed by atoms with E-state index >= 15 is 0 Å². The van der Waals surface area contributed by atoms with Gasteiger partial charge in [-0.15, -0.1) is 11.3 Å². The number of nitrogens with one attached hydrogen (secondary N) is 1. The number of nitrogens with zero attached hydrogens (tertiary/aromatic N) is 1. The average Bonchev–Trinajstić information content (AvgIpc) is 3.07. The van der Waals surface area contributed by atoms with Crippen LogP contribution >= 0.6 is 11.3 Å². The van der Waals surface area contributed by atoms with E-state index in [4.69, 9.17) is 0 Å². The average molecular weight is 312 g/mol. The number of thiophene rings is 1. The quantitative estimate of drug-likeness (QED) is 0.706. The first-order chi connectivity index (χ1) is 10.6. The Hall–Kier alpha value is -2.07. The van der Waals surface area contributed by atoms with Crippen LogP contribution < -0.4 is 5.32 Å².